The Morgan fingerprint density at radius 3 is 2.69 bits per heavy atom. The molecule has 5 heteroatoms. The fraction of sp³-hybridized carbons (Fsp3) is 0.625. The molecule has 76 valence electrons. The molecular formula is C8H13BrO4. The molecule has 0 aromatic rings. The van der Waals surface area contributed by atoms with Crippen molar-refractivity contribution in [2.24, 2.45) is 0 Å². The van der Waals surface area contributed by atoms with Crippen LogP contribution in [0.15, 0.2) is 10.6 Å². The molecule has 0 rings (SSSR count). The molecule has 0 saturated heterocycles. The summed E-state index contributed by atoms with van der Waals surface area (Å²) in [6, 6.07) is 0. The standard InChI is InChI=1S/C8H13BrO4/c1-3-13-8(10)7(4-9)5-12-6-11-2/h4H,3,5-6H2,1-2H3. The summed E-state index contributed by atoms with van der Waals surface area (Å²) < 4.78 is 14.4. The number of ether oxygens (including phenoxy) is 3. The van der Waals surface area contributed by atoms with Crippen LogP contribution in [0.2, 0.25) is 0 Å². The minimum Gasteiger partial charge on any atom is -0.463 e. The van der Waals surface area contributed by atoms with Crippen molar-refractivity contribution < 1.29 is 19.0 Å². The summed E-state index contributed by atoms with van der Waals surface area (Å²) >= 11 is 3.05. The maximum atomic E-state index is 11.1. The summed E-state index contributed by atoms with van der Waals surface area (Å²) in [5.41, 5.74) is 0.430. The van der Waals surface area contributed by atoms with Crippen molar-refractivity contribution in [3.8, 4) is 0 Å². The fourth-order valence-corrected chi connectivity index (χ4v) is 0.913. The Labute approximate surface area is 86.0 Å². The SMILES string of the molecule is CCOC(=O)C(=CBr)COCOC. The third-order valence-corrected chi connectivity index (χ3v) is 1.68. The van der Waals surface area contributed by atoms with Gasteiger partial charge in [-0.15, -0.1) is 0 Å². The van der Waals surface area contributed by atoms with Gasteiger partial charge in [-0.2, -0.15) is 0 Å². The molecule has 0 heterocycles. The molecule has 0 spiro atoms. The summed E-state index contributed by atoms with van der Waals surface area (Å²) in [4.78, 5) is 12.6. The normalized spacial score (nSPS) is 11.5. The molecule has 0 fully saturated rings. The van der Waals surface area contributed by atoms with E-state index in [1.165, 1.54) is 12.1 Å². The highest BCUT2D eigenvalue weighted by Gasteiger charge is 2.09. The van der Waals surface area contributed by atoms with Crippen LogP contribution in [0.25, 0.3) is 0 Å². The third kappa shape index (κ3) is 5.79. The van der Waals surface area contributed by atoms with Crippen LogP contribution in [0.5, 0.6) is 0 Å². The Hall–Kier alpha value is -0.390. The summed E-state index contributed by atoms with van der Waals surface area (Å²) in [6.07, 6.45) is 0. The molecule has 0 aliphatic rings. The Bertz CT molecular complexity index is 179. The van der Waals surface area contributed by atoms with E-state index in [4.69, 9.17) is 9.47 Å². The van der Waals surface area contributed by atoms with E-state index in [1.54, 1.807) is 6.92 Å². The molecule has 4 nitrogen and oxygen atoms in total. The van der Waals surface area contributed by atoms with E-state index < -0.39 is 0 Å². The monoisotopic (exact) mass is 252 g/mol. The van der Waals surface area contributed by atoms with Gasteiger partial charge in [0.05, 0.1) is 18.8 Å². The zero-order valence-electron chi connectivity index (χ0n) is 7.71. The van der Waals surface area contributed by atoms with E-state index in [-0.39, 0.29) is 19.4 Å². The highest BCUT2D eigenvalue weighted by Crippen LogP contribution is 2.02. The van der Waals surface area contributed by atoms with Gasteiger partial charge in [0.25, 0.3) is 0 Å². The van der Waals surface area contributed by atoms with Gasteiger partial charge in [0.2, 0.25) is 0 Å². The number of methoxy groups -OCH3 is 1. The number of hydrogen-bond donors (Lipinski definition) is 0. The molecule has 0 amide bonds. The predicted molar refractivity (Wildman–Crippen MR) is 51.5 cm³/mol. The minimum atomic E-state index is -0.379. The molecule has 0 bridgehead atoms. The average Bonchev–Trinajstić information content (AvgIpc) is 2.13. The molecule has 0 N–H and O–H groups in total. The maximum absolute atomic E-state index is 11.1. The number of carbonyl (C=O) groups is 1. The van der Waals surface area contributed by atoms with Gasteiger partial charge in [-0.25, -0.2) is 4.79 Å². The molecule has 0 unspecified atom stereocenters. The van der Waals surface area contributed by atoms with Crippen molar-refractivity contribution in [3.63, 3.8) is 0 Å². The topological polar surface area (TPSA) is 44.8 Å². The van der Waals surface area contributed by atoms with Crippen LogP contribution in [-0.2, 0) is 19.0 Å². The van der Waals surface area contributed by atoms with Gasteiger partial charge in [-0.3, -0.25) is 0 Å². The van der Waals surface area contributed by atoms with Crippen molar-refractivity contribution >= 4 is 21.9 Å². The lowest BCUT2D eigenvalue weighted by Crippen LogP contribution is -2.13. The molecule has 0 aliphatic carbocycles. The largest absolute Gasteiger partial charge is 0.463 e. The predicted octanol–water partition coefficient (Wildman–Crippen LogP) is 1.45. The second-order valence-corrected chi connectivity index (χ2v) is 2.57. The zero-order valence-corrected chi connectivity index (χ0v) is 9.30. The van der Waals surface area contributed by atoms with E-state index in [2.05, 4.69) is 20.7 Å². The number of halogens is 1. The Balaban J connectivity index is 3.83. The summed E-state index contributed by atoms with van der Waals surface area (Å²) in [5.74, 6) is -0.379. The smallest absolute Gasteiger partial charge is 0.336 e. The van der Waals surface area contributed by atoms with E-state index in [1.807, 2.05) is 0 Å². The van der Waals surface area contributed by atoms with Crippen molar-refractivity contribution in [2.45, 2.75) is 6.92 Å². The van der Waals surface area contributed by atoms with E-state index in [0.717, 1.165) is 0 Å². The lowest BCUT2D eigenvalue weighted by atomic mass is 10.3. The van der Waals surface area contributed by atoms with E-state index in [0.29, 0.717) is 12.2 Å². The van der Waals surface area contributed by atoms with Crippen molar-refractivity contribution in [1.82, 2.24) is 0 Å². The van der Waals surface area contributed by atoms with Crippen LogP contribution in [0, 0.1) is 0 Å². The fourth-order valence-electron chi connectivity index (χ4n) is 0.594. The first-order valence-electron chi connectivity index (χ1n) is 3.79. The third-order valence-electron chi connectivity index (χ3n) is 1.13. The molecule has 13 heavy (non-hydrogen) atoms. The highest BCUT2D eigenvalue weighted by atomic mass is 79.9. The number of esters is 1. The second-order valence-electron chi connectivity index (χ2n) is 2.11. The first-order valence-corrected chi connectivity index (χ1v) is 4.70. The second kappa shape index (κ2) is 8.22. The average molecular weight is 253 g/mol. The number of rotatable bonds is 6. The van der Waals surface area contributed by atoms with Gasteiger partial charge in [-0.1, -0.05) is 15.9 Å². The van der Waals surface area contributed by atoms with Crippen LogP contribution in [0.3, 0.4) is 0 Å². The van der Waals surface area contributed by atoms with Crippen molar-refractivity contribution in [2.75, 3.05) is 27.1 Å². The quantitative estimate of drug-likeness (QED) is 0.311. The lowest BCUT2D eigenvalue weighted by molar-refractivity contribution is -0.139. The van der Waals surface area contributed by atoms with Crippen LogP contribution < -0.4 is 0 Å². The molecule has 0 saturated carbocycles. The minimum absolute atomic E-state index is 0.156. The highest BCUT2D eigenvalue weighted by molar-refractivity contribution is 9.11. The molecule has 0 aliphatic heterocycles. The van der Waals surface area contributed by atoms with Crippen molar-refractivity contribution in [1.29, 1.82) is 0 Å². The van der Waals surface area contributed by atoms with Crippen LogP contribution in [-0.4, -0.2) is 33.1 Å². The number of carbonyl (C=O) groups excluding carboxylic acids is 1. The van der Waals surface area contributed by atoms with Gasteiger partial charge in [-0.05, 0) is 11.9 Å². The van der Waals surface area contributed by atoms with Gasteiger partial charge in [0.15, 0.2) is 0 Å². The molecule has 0 radical (unpaired) electrons. The number of hydrogen-bond acceptors (Lipinski definition) is 4. The van der Waals surface area contributed by atoms with Crippen molar-refractivity contribution in [3.05, 3.63) is 10.6 Å². The van der Waals surface area contributed by atoms with Crippen LogP contribution in [0.4, 0.5) is 0 Å². The zero-order chi connectivity index (χ0) is 10.1. The molecule has 0 atom stereocenters. The Morgan fingerprint density at radius 1 is 1.54 bits per heavy atom. The molecule has 0 aromatic carbocycles. The van der Waals surface area contributed by atoms with Gasteiger partial charge < -0.3 is 14.2 Å². The summed E-state index contributed by atoms with van der Waals surface area (Å²) in [7, 11) is 1.52. The maximum Gasteiger partial charge on any atom is 0.336 e. The lowest BCUT2D eigenvalue weighted by Gasteiger charge is -2.05. The Kier molecular flexibility index (Phi) is 7.97. The van der Waals surface area contributed by atoms with E-state index >= 15 is 0 Å². The molecule has 0 aromatic heterocycles. The Morgan fingerprint density at radius 2 is 2.23 bits per heavy atom. The molecular weight excluding hydrogens is 240 g/mol. The van der Waals surface area contributed by atoms with Gasteiger partial charge in [0, 0.05) is 7.11 Å². The first kappa shape index (κ1) is 12.6. The summed E-state index contributed by atoms with van der Waals surface area (Å²) in [6.45, 7) is 2.44. The van der Waals surface area contributed by atoms with Crippen LogP contribution in [0.1, 0.15) is 6.92 Å². The van der Waals surface area contributed by atoms with E-state index in [9.17, 15) is 4.79 Å². The summed E-state index contributed by atoms with van der Waals surface area (Å²) in [5, 5.41) is 0. The van der Waals surface area contributed by atoms with Gasteiger partial charge in [0.1, 0.15) is 6.79 Å². The van der Waals surface area contributed by atoms with Crippen LogP contribution >= 0.6 is 15.9 Å². The first-order chi connectivity index (χ1) is 6.26. The van der Waals surface area contributed by atoms with Gasteiger partial charge >= 0.3 is 5.97 Å².